The molecule has 0 bridgehead atoms. The zero-order valence-corrected chi connectivity index (χ0v) is 15.4. The Morgan fingerprint density at radius 2 is 1.37 bits per heavy atom. The van der Waals surface area contributed by atoms with Crippen molar-refractivity contribution in [2.45, 2.75) is 0 Å². The molecule has 2 aromatic rings. The third-order valence-electron chi connectivity index (χ3n) is 4.74. The van der Waals surface area contributed by atoms with Gasteiger partial charge in [-0.15, -0.1) is 0 Å². The van der Waals surface area contributed by atoms with E-state index in [-0.39, 0.29) is 11.8 Å². The first kappa shape index (κ1) is 17.7. The minimum absolute atomic E-state index is 0.0138. The van der Waals surface area contributed by atoms with Gasteiger partial charge in [0.25, 0.3) is 11.8 Å². The van der Waals surface area contributed by atoms with Crippen LogP contribution in [0, 0.1) is 0 Å². The molecule has 27 heavy (non-hydrogen) atoms. The fraction of sp³-hybridized carbons (Fsp3) is 0.300. The number of amides is 2. The molecule has 1 fully saturated rings. The van der Waals surface area contributed by atoms with Crippen LogP contribution >= 0.6 is 11.6 Å². The molecule has 1 saturated heterocycles. The number of piperazine rings is 1. The van der Waals surface area contributed by atoms with Gasteiger partial charge in [-0.05, 0) is 18.2 Å². The Labute approximate surface area is 162 Å². The molecule has 0 spiro atoms. The van der Waals surface area contributed by atoms with Crippen molar-refractivity contribution in [2.75, 3.05) is 39.4 Å². The topological polar surface area (TPSA) is 59.1 Å². The minimum atomic E-state index is -0.163. The van der Waals surface area contributed by atoms with E-state index < -0.39 is 0 Å². The molecule has 2 aromatic carbocycles. The molecule has 2 heterocycles. The van der Waals surface area contributed by atoms with Gasteiger partial charge in [-0.2, -0.15) is 0 Å². The molecule has 140 valence electrons. The lowest BCUT2D eigenvalue weighted by molar-refractivity contribution is 0.0535. The van der Waals surface area contributed by atoms with Crippen LogP contribution in [0.5, 0.6) is 11.5 Å². The van der Waals surface area contributed by atoms with Crippen molar-refractivity contribution >= 4 is 23.4 Å². The average molecular weight is 387 g/mol. The molecule has 0 aliphatic carbocycles. The van der Waals surface area contributed by atoms with Gasteiger partial charge in [0.1, 0.15) is 13.2 Å². The van der Waals surface area contributed by atoms with Gasteiger partial charge in [0.2, 0.25) is 0 Å². The molecule has 2 aliphatic rings. The van der Waals surface area contributed by atoms with Gasteiger partial charge in [-0.3, -0.25) is 9.59 Å². The van der Waals surface area contributed by atoms with Crippen LogP contribution in [-0.4, -0.2) is 61.0 Å². The van der Waals surface area contributed by atoms with E-state index in [9.17, 15) is 9.59 Å². The molecule has 4 rings (SSSR count). The Morgan fingerprint density at radius 1 is 0.815 bits per heavy atom. The van der Waals surface area contributed by atoms with Crippen LogP contribution in [0.25, 0.3) is 0 Å². The summed E-state index contributed by atoms with van der Waals surface area (Å²) < 4.78 is 11.0. The molecule has 0 radical (unpaired) electrons. The highest BCUT2D eigenvalue weighted by Crippen LogP contribution is 2.36. The van der Waals surface area contributed by atoms with Crippen molar-refractivity contribution in [1.82, 2.24) is 9.80 Å². The van der Waals surface area contributed by atoms with Crippen LogP contribution in [0.1, 0.15) is 20.7 Å². The van der Waals surface area contributed by atoms with E-state index in [1.165, 1.54) is 0 Å². The van der Waals surface area contributed by atoms with E-state index in [0.717, 1.165) is 0 Å². The molecule has 0 N–H and O–H groups in total. The number of halogens is 1. The van der Waals surface area contributed by atoms with E-state index in [1.54, 1.807) is 34.1 Å². The highest BCUT2D eigenvalue weighted by Gasteiger charge is 2.28. The third-order valence-corrected chi connectivity index (χ3v) is 5.05. The quantitative estimate of drug-likeness (QED) is 0.796. The largest absolute Gasteiger partial charge is 0.486 e. The first-order chi connectivity index (χ1) is 13.1. The molecule has 6 nitrogen and oxygen atoms in total. The van der Waals surface area contributed by atoms with Gasteiger partial charge in [-0.25, -0.2) is 0 Å². The van der Waals surface area contributed by atoms with Gasteiger partial charge >= 0.3 is 0 Å². The van der Waals surface area contributed by atoms with Crippen LogP contribution < -0.4 is 9.47 Å². The van der Waals surface area contributed by atoms with Crippen molar-refractivity contribution in [1.29, 1.82) is 0 Å². The summed E-state index contributed by atoms with van der Waals surface area (Å²) >= 11 is 6.29. The Hall–Kier alpha value is -2.73. The highest BCUT2D eigenvalue weighted by molar-refractivity contribution is 6.34. The summed E-state index contributed by atoms with van der Waals surface area (Å²) in [5.74, 6) is 0.914. The first-order valence-corrected chi connectivity index (χ1v) is 9.24. The highest BCUT2D eigenvalue weighted by atomic mass is 35.5. The predicted octanol–water partition coefficient (Wildman–Crippen LogP) is 2.71. The number of hydrogen-bond acceptors (Lipinski definition) is 4. The number of ether oxygens (including phenoxy) is 2. The number of nitrogens with zero attached hydrogens (tertiary/aromatic N) is 2. The zero-order chi connectivity index (χ0) is 18.8. The molecule has 0 aromatic heterocycles. The maximum Gasteiger partial charge on any atom is 0.255 e. The van der Waals surface area contributed by atoms with Gasteiger partial charge in [0.05, 0.1) is 10.6 Å². The third kappa shape index (κ3) is 3.57. The summed E-state index contributed by atoms with van der Waals surface area (Å²) in [7, 11) is 0. The van der Waals surface area contributed by atoms with Gasteiger partial charge < -0.3 is 19.3 Å². The Morgan fingerprint density at radius 3 is 2.00 bits per heavy atom. The van der Waals surface area contributed by atoms with E-state index in [2.05, 4.69) is 0 Å². The number of fused-ring (bicyclic) bond motifs is 1. The van der Waals surface area contributed by atoms with Crippen molar-refractivity contribution in [3.8, 4) is 11.5 Å². The Kier molecular flexibility index (Phi) is 4.90. The average Bonchev–Trinajstić information content (AvgIpc) is 2.73. The number of carbonyl (C=O) groups excluding carboxylic acids is 2. The maximum absolute atomic E-state index is 12.9. The maximum atomic E-state index is 12.9. The predicted molar refractivity (Wildman–Crippen MR) is 101 cm³/mol. The van der Waals surface area contributed by atoms with Crippen LogP contribution in [0.4, 0.5) is 0 Å². The van der Waals surface area contributed by atoms with E-state index >= 15 is 0 Å². The fourth-order valence-corrected chi connectivity index (χ4v) is 3.51. The molecule has 0 saturated carbocycles. The van der Waals surface area contributed by atoms with Crippen molar-refractivity contribution in [3.05, 3.63) is 58.6 Å². The monoisotopic (exact) mass is 386 g/mol. The number of benzene rings is 2. The second-order valence-electron chi connectivity index (χ2n) is 6.43. The van der Waals surface area contributed by atoms with Crippen molar-refractivity contribution < 1.29 is 19.1 Å². The molecular formula is C20H19ClN2O4. The minimum Gasteiger partial charge on any atom is -0.486 e. The number of hydrogen-bond donors (Lipinski definition) is 0. The summed E-state index contributed by atoms with van der Waals surface area (Å²) in [6.45, 7) is 2.81. The summed E-state index contributed by atoms with van der Waals surface area (Å²) in [4.78, 5) is 28.9. The van der Waals surface area contributed by atoms with Crippen LogP contribution in [0.3, 0.4) is 0 Å². The summed E-state index contributed by atoms with van der Waals surface area (Å²) in [5, 5.41) is 0.340. The van der Waals surface area contributed by atoms with Crippen molar-refractivity contribution in [3.63, 3.8) is 0 Å². The van der Waals surface area contributed by atoms with Crippen LogP contribution in [0.2, 0.25) is 5.02 Å². The van der Waals surface area contributed by atoms with E-state index in [1.807, 2.05) is 18.2 Å². The summed E-state index contributed by atoms with van der Waals surface area (Å²) in [6.07, 6.45) is 0. The second kappa shape index (κ2) is 7.48. The van der Waals surface area contributed by atoms with Crippen molar-refractivity contribution in [2.24, 2.45) is 0 Å². The number of rotatable bonds is 2. The second-order valence-corrected chi connectivity index (χ2v) is 6.83. The first-order valence-electron chi connectivity index (χ1n) is 8.86. The summed E-state index contributed by atoms with van der Waals surface area (Å²) in [5.41, 5.74) is 1.05. The molecular weight excluding hydrogens is 368 g/mol. The standard InChI is InChI=1S/C20H19ClN2O4/c21-16-13-18-17(26-10-11-27-18)12-15(16)20(25)23-8-6-22(7-9-23)19(24)14-4-2-1-3-5-14/h1-5,12-13H,6-11H2. The Balaban J connectivity index is 1.44. The molecule has 0 unspecified atom stereocenters. The van der Waals surface area contributed by atoms with Gasteiger partial charge in [-0.1, -0.05) is 29.8 Å². The molecule has 7 heteroatoms. The smallest absolute Gasteiger partial charge is 0.255 e. The van der Waals surface area contributed by atoms with E-state index in [0.29, 0.717) is 67.0 Å². The number of carbonyl (C=O) groups is 2. The van der Waals surface area contributed by atoms with E-state index in [4.69, 9.17) is 21.1 Å². The molecule has 2 amide bonds. The molecule has 0 atom stereocenters. The van der Waals surface area contributed by atoms with Crippen LogP contribution in [-0.2, 0) is 0 Å². The zero-order valence-electron chi connectivity index (χ0n) is 14.7. The molecule has 2 aliphatic heterocycles. The van der Waals surface area contributed by atoms with Gasteiger partial charge in [0.15, 0.2) is 11.5 Å². The lowest BCUT2D eigenvalue weighted by Gasteiger charge is -2.35. The van der Waals surface area contributed by atoms with Gasteiger partial charge in [0, 0.05) is 37.8 Å². The Bertz CT molecular complexity index is 864. The van der Waals surface area contributed by atoms with Crippen LogP contribution in [0.15, 0.2) is 42.5 Å². The lowest BCUT2D eigenvalue weighted by atomic mass is 10.1. The lowest BCUT2D eigenvalue weighted by Crippen LogP contribution is -2.50. The normalized spacial score (nSPS) is 16.2. The summed E-state index contributed by atoms with van der Waals surface area (Å²) in [6, 6.07) is 12.4. The SMILES string of the molecule is O=C(c1ccccc1)N1CCN(C(=O)c2cc3c(cc2Cl)OCCO3)CC1. The fourth-order valence-electron chi connectivity index (χ4n) is 3.27.